The van der Waals surface area contributed by atoms with Gasteiger partial charge >= 0.3 is 0 Å². The third kappa shape index (κ3) is 4.77. The van der Waals surface area contributed by atoms with Crippen LogP contribution in [0.5, 0.6) is 5.75 Å². The molecule has 9 nitrogen and oxygen atoms in total. The Labute approximate surface area is 177 Å². The lowest BCUT2D eigenvalue weighted by Gasteiger charge is -2.13. The van der Waals surface area contributed by atoms with Crippen molar-refractivity contribution < 1.29 is 14.5 Å². The predicted molar refractivity (Wildman–Crippen MR) is 115 cm³/mol. The zero-order valence-corrected chi connectivity index (χ0v) is 17.5. The summed E-state index contributed by atoms with van der Waals surface area (Å²) in [4.78, 5) is 22.8. The molecule has 10 heteroatoms. The first-order valence-electron chi connectivity index (χ1n) is 9.22. The summed E-state index contributed by atoms with van der Waals surface area (Å²) < 4.78 is 7.13. The average molecular weight is 427 g/mol. The summed E-state index contributed by atoms with van der Waals surface area (Å²) in [5.41, 5.74) is 1.37. The molecule has 0 saturated heterocycles. The van der Waals surface area contributed by atoms with Gasteiger partial charge in [-0.3, -0.25) is 14.9 Å². The quantitative estimate of drug-likeness (QED) is 0.328. The van der Waals surface area contributed by atoms with E-state index in [9.17, 15) is 14.9 Å². The van der Waals surface area contributed by atoms with E-state index in [1.165, 1.54) is 36.0 Å². The van der Waals surface area contributed by atoms with E-state index >= 15 is 0 Å². The molecular formula is C20H21N5O4S. The number of rotatable bonds is 8. The van der Waals surface area contributed by atoms with Gasteiger partial charge in [0.05, 0.1) is 17.3 Å². The smallest absolute Gasteiger partial charge is 0.269 e. The Morgan fingerprint density at radius 1 is 1.20 bits per heavy atom. The predicted octanol–water partition coefficient (Wildman–Crippen LogP) is 4.00. The van der Waals surface area contributed by atoms with E-state index in [4.69, 9.17) is 4.74 Å². The Bertz CT molecular complexity index is 1030. The summed E-state index contributed by atoms with van der Waals surface area (Å²) in [6.45, 7) is 4.41. The van der Waals surface area contributed by atoms with E-state index in [1.807, 2.05) is 35.8 Å². The number of anilines is 1. The topological polar surface area (TPSA) is 112 Å². The number of amides is 1. The van der Waals surface area contributed by atoms with Crippen molar-refractivity contribution >= 4 is 29.0 Å². The van der Waals surface area contributed by atoms with Crippen LogP contribution in [0.15, 0.2) is 53.7 Å². The van der Waals surface area contributed by atoms with Gasteiger partial charge in [-0.25, -0.2) is 0 Å². The van der Waals surface area contributed by atoms with E-state index in [2.05, 4.69) is 15.5 Å². The largest absolute Gasteiger partial charge is 0.497 e. The van der Waals surface area contributed by atoms with Gasteiger partial charge in [-0.2, -0.15) is 0 Å². The van der Waals surface area contributed by atoms with Crippen molar-refractivity contribution in [3.63, 3.8) is 0 Å². The summed E-state index contributed by atoms with van der Waals surface area (Å²) in [5, 5.41) is 22.2. The van der Waals surface area contributed by atoms with Crippen LogP contribution in [0, 0.1) is 10.1 Å². The maximum atomic E-state index is 12.5. The molecule has 0 unspecified atom stereocenters. The van der Waals surface area contributed by atoms with Gasteiger partial charge < -0.3 is 14.6 Å². The average Bonchev–Trinajstić information content (AvgIpc) is 3.16. The number of nitro groups is 1. The summed E-state index contributed by atoms with van der Waals surface area (Å²) in [7, 11) is 1.61. The SMILES string of the molecule is CCn1c(S[C@@H](C)C(=O)Nc2ccc([N+](=O)[O-])cc2)nnc1-c1ccc(OC)cc1. The minimum absolute atomic E-state index is 0.0301. The number of nitro benzene ring substituents is 1. The molecule has 2 aromatic carbocycles. The number of nitrogens with one attached hydrogen (secondary N) is 1. The van der Waals surface area contributed by atoms with Crippen molar-refractivity contribution in [1.29, 1.82) is 0 Å². The molecule has 1 amide bonds. The fraction of sp³-hybridized carbons (Fsp3) is 0.250. The van der Waals surface area contributed by atoms with Crippen molar-refractivity contribution in [2.75, 3.05) is 12.4 Å². The first-order valence-corrected chi connectivity index (χ1v) is 10.1. The number of ether oxygens (including phenoxy) is 1. The molecule has 156 valence electrons. The number of hydrogen-bond donors (Lipinski definition) is 1. The molecular weight excluding hydrogens is 406 g/mol. The Morgan fingerprint density at radius 2 is 1.87 bits per heavy atom. The number of nitrogens with zero attached hydrogens (tertiary/aromatic N) is 4. The molecule has 0 aliphatic carbocycles. The van der Waals surface area contributed by atoms with Gasteiger partial charge in [-0.15, -0.1) is 10.2 Å². The van der Waals surface area contributed by atoms with E-state index < -0.39 is 10.2 Å². The Balaban J connectivity index is 1.71. The maximum absolute atomic E-state index is 12.5. The first kappa shape index (κ1) is 21.3. The fourth-order valence-corrected chi connectivity index (χ4v) is 3.65. The highest BCUT2D eigenvalue weighted by Crippen LogP contribution is 2.28. The number of methoxy groups -OCH3 is 1. The number of hydrogen-bond acceptors (Lipinski definition) is 7. The van der Waals surface area contributed by atoms with E-state index in [0.29, 0.717) is 23.2 Å². The molecule has 0 aliphatic heterocycles. The molecule has 0 radical (unpaired) electrons. The minimum Gasteiger partial charge on any atom is -0.497 e. The fourth-order valence-electron chi connectivity index (χ4n) is 2.74. The molecule has 0 bridgehead atoms. The number of benzene rings is 2. The lowest BCUT2D eigenvalue weighted by molar-refractivity contribution is -0.384. The van der Waals surface area contributed by atoms with Gasteiger partial charge in [0.25, 0.3) is 5.69 Å². The maximum Gasteiger partial charge on any atom is 0.269 e. The van der Waals surface area contributed by atoms with Gasteiger partial charge in [0.1, 0.15) is 5.75 Å². The molecule has 3 rings (SSSR count). The van der Waals surface area contributed by atoms with Crippen LogP contribution >= 0.6 is 11.8 Å². The number of carbonyl (C=O) groups excluding carboxylic acids is 1. The number of carbonyl (C=O) groups is 1. The van der Waals surface area contributed by atoms with Gasteiger partial charge in [0.15, 0.2) is 11.0 Å². The van der Waals surface area contributed by atoms with Crippen LogP contribution in [-0.4, -0.2) is 38.0 Å². The lowest BCUT2D eigenvalue weighted by Crippen LogP contribution is -2.22. The van der Waals surface area contributed by atoms with Crippen molar-refractivity contribution in [3.05, 3.63) is 58.6 Å². The van der Waals surface area contributed by atoms with Crippen molar-refractivity contribution in [1.82, 2.24) is 14.8 Å². The highest BCUT2D eigenvalue weighted by Gasteiger charge is 2.20. The normalized spacial score (nSPS) is 11.7. The molecule has 1 atom stereocenters. The molecule has 1 N–H and O–H groups in total. The van der Waals surface area contributed by atoms with Crippen LogP contribution < -0.4 is 10.1 Å². The molecule has 0 saturated carbocycles. The van der Waals surface area contributed by atoms with Crippen molar-refractivity contribution in [2.24, 2.45) is 0 Å². The molecule has 3 aromatic rings. The second-order valence-electron chi connectivity index (χ2n) is 6.33. The first-order chi connectivity index (χ1) is 14.4. The summed E-state index contributed by atoms with van der Waals surface area (Å²) in [5.74, 6) is 1.24. The van der Waals surface area contributed by atoms with Crippen LogP contribution in [-0.2, 0) is 11.3 Å². The van der Waals surface area contributed by atoms with Gasteiger partial charge in [0.2, 0.25) is 5.91 Å². The molecule has 0 spiro atoms. The second-order valence-corrected chi connectivity index (χ2v) is 7.64. The van der Waals surface area contributed by atoms with Crippen molar-refractivity contribution in [2.45, 2.75) is 30.8 Å². The second kappa shape index (κ2) is 9.40. The molecule has 30 heavy (non-hydrogen) atoms. The van der Waals surface area contributed by atoms with Crippen molar-refractivity contribution in [3.8, 4) is 17.1 Å². The highest BCUT2D eigenvalue weighted by molar-refractivity contribution is 8.00. The molecule has 1 aromatic heterocycles. The van der Waals surface area contributed by atoms with E-state index in [1.54, 1.807) is 14.0 Å². The van der Waals surface area contributed by atoms with Crippen LogP contribution in [0.2, 0.25) is 0 Å². The molecule has 1 heterocycles. The van der Waals surface area contributed by atoms with E-state index in [0.717, 1.165) is 11.3 Å². The molecule has 0 aliphatic rings. The van der Waals surface area contributed by atoms with Gasteiger partial charge in [0, 0.05) is 29.9 Å². The van der Waals surface area contributed by atoms with Gasteiger partial charge in [-0.1, -0.05) is 11.8 Å². The monoisotopic (exact) mass is 427 g/mol. The number of thioether (sulfide) groups is 1. The Morgan fingerprint density at radius 3 is 2.43 bits per heavy atom. The summed E-state index contributed by atoms with van der Waals surface area (Å²) in [6.07, 6.45) is 0. The van der Waals surface area contributed by atoms with Crippen LogP contribution in [0.1, 0.15) is 13.8 Å². The number of aromatic nitrogens is 3. The lowest BCUT2D eigenvalue weighted by atomic mass is 10.2. The van der Waals surface area contributed by atoms with E-state index in [-0.39, 0.29) is 11.6 Å². The van der Waals surface area contributed by atoms with Gasteiger partial charge in [-0.05, 0) is 50.2 Å². The summed E-state index contributed by atoms with van der Waals surface area (Å²) >= 11 is 1.30. The Hall–Kier alpha value is -3.40. The highest BCUT2D eigenvalue weighted by atomic mass is 32.2. The van der Waals surface area contributed by atoms with Crippen LogP contribution in [0.3, 0.4) is 0 Å². The Kier molecular flexibility index (Phi) is 6.68. The summed E-state index contributed by atoms with van der Waals surface area (Å²) in [6, 6.07) is 13.2. The van der Waals surface area contributed by atoms with Crippen LogP contribution in [0.25, 0.3) is 11.4 Å². The van der Waals surface area contributed by atoms with Crippen LogP contribution in [0.4, 0.5) is 11.4 Å². The zero-order valence-electron chi connectivity index (χ0n) is 16.7. The minimum atomic E-state index is -0.484. The number of non-ortho nitro benzene ring substituents is 1. The third-order valence-corrected chi connectivity index (χ3v) is 5.46. The zero-order chi connectivity index (χ0) is 21.7. The standard InChI is InChI=1S/C20H21N5O4S/c1-4-24-18(14-5-11-17(29-3)12-6-14)22-23-20(24)30-13(2)19(26)21-15-7-9-16(10-8-15)25(27)28/h5-13H,4H2,1-3H3,(H,21,26)/t13-/m0/s1. The third-order valence-electron chi connectivity index (χ3n) is 4.38. The molecule has 0 fully saturated rings.